The van der Waals surface area contributed by atoms with Gasteiger partial charge in [-0.1, -0.05) is 78.9 Å². The van der Waals surface area contributed by atoms with Gasteiger partial charge in [0.05, 0.1) is 24.7 Å². The molecule has 48 heavy (non-hydrogen) atoms. The van der Waals surface area contributed by atoms with E-state index in [0.29, 0.717) is 0 Å². The van der Waals surface area contributed by atoms with Crippen molar-refractivity contribution in [1.82, 2.24) is 21.1 Å². The second-order valence-electron chi connectivity index (χ2n) is 12.2. The topological polar surface area (TPSA) is 146 Å². The van der Waals surface area contributed by atoms with Gasteiger partial charge in [-0.3, -0.25) is 15.2 Å². The van der Waals surface area contributed by atoms with Gasteiger partial charge in [0.2, 0.25) is 5.82 Å². The molecular weight excluding hydrogens is 612 g/mol. The summed E-state index contributed by atoms with van der Waals surface area (Å²) < 4.78 is 12.2. The summed E-state index contributed by atoms with van der Waals surface area (Å²) in [6, 6.07) is 24.1. The third-order valence-electron chi connectivity index (χ3n) is 7.60. The van der Waals surface area contributed by atoms with Crippen LogP contribution in [-0.4, -0.2) is 64.8 Å². The molecule has 0 aromatic heterocycles. The highest BCUT2D eigenvalue weighted by molar-refractivity contribution is 5.78. The highest BCUT2D eigenvalue weighted by Gasteiger charge is 2.32. The second kappa shape index (κ2) is 16.3. The largest absolute Gasteiger partial charge is 0.481 e. The van der Waals surface area contributed by atoms with E-state index in [1.807, 2.05) is 99.4 Å². The predicted octanol–water partition coefficient (Wildman–Crippen LogP) is 4.11. The van der Waals surface area contributed by atoms with Crippen molar-refractivity contribution in [2.75, 3.05) is 13.2 Å². The van der Waals surface area contributed by atoms with Crippen LogP contribution in [0.2, 0.25) is 0 Å². The zero-order valence-corrected chi connectivity index (χ0v) is 27.4. The van der Waals surface area contributed by atoms with Crippen LogP contribution in [0.1, 0.15) is 56.7 Å². The standard InChI is InChI=1S/C37H40N4O7/c1-25(48-37(2,3)4)36(32(21-42)40-41(20-26-12-6-5-7-13-26)33(22-43)38-19-18-35(45)46)39-34(23-44)47-24-31-29-16-10-8-14-27(29)28-15-9-11-17-30(28)31/h5-17,25,31,36,38-40H,18-20,24H2,1-4H3,(H,45,46)/t25-,36-/m1/s1. The number of nitrogens with one attached hydrogen (secondary N) is 3. The summed E-state index contributed by atoms with van der Waals surface area (Å²) in [7, 11) is 0. The van der Waals surface area contributed by atoms with E-state index in [4.69, 9.17) is 14.6 Å². The summed E-state index contributed by atoms with van der Waals surface area (Å²) in [4.78, 5) is 48.2. The number of carbonyl (C=O) groups is 1. The van der Waals surface area contributed by atoms with E-state index < -0.39 is 23.7 Å². The van der Waals surface area contributed by atoms with E-state index in [-0.39, 0.29) is 49.4 Å². The fourth-order valence-corrected chi connectivity index (χ4v) is 5.61. The number of hydrogen-bond donors (Lipinski definition) is 4. The molecule has 0 spiro atoms. The molecule has 0 aliphatic heterocycles. The Labute approximate surface area is 279 Å². The lowest BCUT2D eigenvalue weighted by Gasteiger charge is -2.35. The molecule has 0 unspecified atom stereocenters. The first-order chi connectivity index (χ1) is 23.0. The predicted molar refractivity (Wildman–Crippen MR) is 180 cm³/mol. The van der Waals surface area contributed by atoms with Crippen LogP contribution in [-0.2, 0) is 35.2 Å². The first-order valence-corrected chi connectivity index (χ1v) is 15.6. The number of hydrogen-bond acceptors (Lipinski definition) is 10. The van der Waals surface area contributed by atoms with Gasteiger partial charge < -0.3 is 25.2 Å². The van der Waals surface area contributed by atoms with Crippen LogP contribution >= 0.6 is 0 Å². The summed E-state index contributed by atoms with van der Waals surface area (Å²) in [6.07, 6.45) is -1.00. The number of benzene rings is 3. The van der Waals surface area contributed by atoms with Crippen molar-refractivity contribution < 1.29 is 33.8 Å². The third-order valence-corrected chi connectivity index (χ3v) is 7.60. The van der Waals surface area contributed by atoms with Gasteiger partial charge in [0, 0.05) is 12.5 Å². The SMILES string of the molecule is C[C@@H](OC(C)(C)C)[C@@H](NC(=C=O)OCC1c2ccccc2-c2ccccc21)C(=C=O)NN(Cc1ccccc1)C(=C=O)NCCC(=O)O. The molecule has 0 amide bonds. The number of rotatable bonds is 17. The fraction of sp³-hybridized carbons (Fsp3) is 0.324. The van der Waals surface area contributed by atoms with Gasteiger partial charge in [0.25, 0.3) is 5.88 Å². The third kappa shape index (κ3) is 9.26. The molecule has 3 aromatic carbocycles. The lowest BCUT2D eigenvalue weighted by Crippen LogP contribution is -2.52. The van der Waals surface area contributed by atoms with Crippen LogP contribution in [0.4, 0.5) is 0 Å². The van der Waals surface area contributed by atoms with E-state index in [0.717, 1.165) is 27.8 Å². The zero-order chi connectivity index (χ0) is 34.7. The molecule has 0 saturated carbocycles. The average molecular weight is 653 g/mol. The minimum Gasteiger partial charge on any atom is -0.481 e. The normalized spacial score (nSPS) is 12.9. The molecule has 4 N–H and O–H groups in total. The Hall–Kier alpha value is -5.56. The minimum absolute atomic E-state index is 0.0719. The number of hydrazine groups is 1. The van der Waals surface area contributed by atoms with Gasteiger partial charge in [0.15, 0.2) is 11.9 Å². The maximum absolute atomic E-state index is 12.6. The summed E-state index contributed by atoms with van der Waals surface area (Å²) in [6.45, 7) is 7.39. The fourth-order valence-electron chi connectivity index (χ4n) is 5.61. The van der Waals surface area contributed by atoms with E-state index in [1.54, 1.807) is 12.9 Å². The van der Waals surface area contributed by atoms with E-state index in [9.17, 15) is 19.2 Å². The van der Waals surface area contributed by atoms with Crippen LogP contribution in [0.3, 0.4) is 0 Å². The molecular formula is C37H40N4O7. The van der Waals surface area contributed by atoms with Crippen LogP contribution < -0.4 is 16.1 Å². The van der Waals surface area contributed by atoms with Gasteiger partial charge in [-0.25, -0.2) is 14.4 Å². The highest BCUT2D eigenvalue weighted by Crippen LogP contribution is 2.44. The molecule has 0 radical (unpaired) electrons. The highest BCUT2D eigenvalue weighted by atomic mass is 16.5. The van der Waals surface area contributed by atoms with Crippen LogP contribution in [0.25, 0.3) is 11.1 Å². The van der Waals surface area contributed by atoms with Crippen molar-refractivity contribution in [2.24, 2.45) is 0 Å². The molecule has 4 rings (SSSR count). The van der Waals surface area contributed by atoms with E-state index >= 15 is 0 Å². The molecule has 0 saturated heterocycles. The van der Waals surface area contributed by atoms with Crippen molar-refractivity contribution in [3.63, 3.8) is 0 Å². The summed E-state index contributed by atoms with van der Waals surface area (Å²) in [5, 5.41) is 16.2. The molecule has 3 aromatic rings. The molecule has 0 fully saturated rings. The van der Waals surface area contributed by atoms with Crippen LogP contribution in [0, 0.1) is 0 Å². The van der Waals surface area contributed by atoms with Gasteiger partial charge in [-0.05, 0) is 55.5 Å². The Bertz CT molecular complexity index is 1690. The maximum Gasteiger partial charge on any atom is 0.305 e. The van der Waals surface area contributed by atoms with E-state index in [2.05, 4.69) is 28.2 Å². The van der Waals surface area contributed by atoms with Gasteiger partial charge in [-0.15, -0.1) is 0 Å². The van der Waals surface area contributed by atoms with Crippen LogP contribution in [0.15, 0.2) is 96.3 Å². The molecule has 1 aliphatic rings. The number of carbonyl (C=O) groups excluding carboxylic acids is 3. The second-order valence-corrected chi connectivity index (χ2v) is 12.2. The summed E-state index contributed by atoms with van der Waals surface area (Å²) in [5.41, 5.74) is 7.27. The minimum atomic E-state index is -1.06. The van der Waals surface area contributed by atoms with Crippen LogP contribution in [0.5, 0.6) is 0 Å². The number of carboxylic acids is 1. The molecule has 11 heteroatoms. The van der Waals surface area contributed by atoms with Gasteiger partial charge in [0.1, 0.15) is 24.3 Å². The Morgan fingerprint density at radius 3 is 2.04 bits per heavy atom. The quantitative estimate of drug-likeness (QED) is 0.0950. The van der Waals surface area contributed by atoms with Gasteiger partial charge >= 0.3 is 5.97 Å². The Kier molecular flexibility index (Phi) is 12.0. The first-order valence-electron chi connectivity index (χ1n) is 15.6. The van der Waals surface area contributed by atoms with Crippen molar-refractivity contribution in [1.29, 1.82) is 0 Å². The number of carboxylic acid groups (broad SMARTS) is 1. The number of fused-ring (bicyclic) bond motifs is 3. The Balaban J connectivity index is 1.60. The molecule has 11 nitrogen and oxygen atoms in total. The van der Waals surface area contributed by atoms with Crippen molar-refractivity contribution in [3.8, 4) is 11.1 Å². The summed E-state index contributed by atoms with van der Waals surface area (Å²) >= 11 is 0. The lowest BCUT2D eigenvalue weighted by molar-refractivity contribution is -0.136. The molecule has 1 aliphatic carbocycles. The lowest BCUT2D eigenvalue weighted by atomic mass is 9.98. The molecule has 250 valence electrons. The summed E-state index contributed by atoms with van der Waals surface area (Å²) in [5.74, 6) is 3.92. The monoisotopic (exact) mass is 652 g/mol. The number of nitrogens with zero attached hydrogens (tertiary/aromatic N) is 1. The number of ether oxygens (including phenoxy) is 2. The molecule has 2 atom stereocenters. The van der Waals surface area contributed by atoms with Crippen molar-refractivity contribution in [3.05, 3.63) is 113 Å². The smallest absolute Gasteiger partial charge is 0.305 e. The molecule has 0 bridgehead atoms. The average Bonchev–Trinajstić information content (AvgIpc) is 3.38. The number of aliphatic carboxylic acids is 1. The maximum atomic E-state index is 12.6. The Morgan fingerprint density at radius 2 is 1.50 bits per heavy atom. The van der Waals surface area contributed by atoms with Crippen molar-refractivity contribution >= 4 is 23.8 Å². The van der Waals surface area contributed by atoms with E-state index in [1.165, 1.54) is 5.01 Å². The first kappa shape index (κ1) is 35.3. The van der Waals surface area contributed by atoms with Crippen molar-refractivity contribution in [2.45, 2.75) is 64.3 Å². The van der Waals surface area contributed by atoms with Gasteiger partial charge in [-0.2, -0.15) is 0 Å². The zero-order valence-electron chi connectivity index (χ0n) is 27.4. The Morgan fingerprint density at radius 1 is 0.896 bits per heavy atom. The molecule has 0 heterocycles.